The first kappa shape index (κ1) is 21.6. The topological polar surface area (TPSA) is 161 Å². The molecule has 0 bridgehead atoms. The largest absolute Gasteiger partial charge is 0.468 e. The molecule has 10 nitrogen and oxygen atoms in total. The van der Waals surface area contributed by atoms with E-state index in [0.29, 0.717) is 11.3 Å². The van der Waals surface area contributed by atoms with Crippen LogP contribution in [0.3, 0.4) is 0 Å². The van der Waals surface area contributed by atoms with Gasteiger partial charge in [0.15, 0.2) is 5.92 Å². The van der Waals surface area contributed by atoms with Crippen molar-refractivity contribution in [3.8, 4) is 0 Å². The molecule has 0 unspecified atom stereocenters. The van der Waals surface area contributed by atoms with E-state index in [1.165, 1.54) is 0 Å². The normalized spacial score (nSPS) is 10.0. The average molecular weight is 378 g/mol. The van der Waals surface area contributed by atoms with Crippen LogP contribution in [0.2, 0.25) is 0 Å². The minimum Gasteiger partial charge on any atom is -0.468 e. The first-order chi connectivity index (χ1) is 12.8. The van der Waals surface area contributed by atoms with Gasteiger partial charge < -0.3 is 25.8 Å². The summed E-state index contributed by atoms with van der Waals surface area (Å²) in [7, 11) is 2.24. The number of esters is 2. The summed E-state index contributed by atoms with van der Waals surface area (Å²) >= 11 is 0. The predicted octanol–water partition coefficient (Wildman–Crippen LogP) is -0.232. The Labute approximate surface area is 155 Å². The quantitative estimate of drug-likeness (QED) is 0.200. The number of nitrogen functional groups attached to an aromatic ring is 1. The van der Waals surface area contributed by atoms with Gasteiger partial charge in [-0.3, -0.25) is 24.6 Å². The fraction of sp³-hybridized carbons (Fsp3) is 0.353. The average Bonchev–Trinajstić information content (AvgIpc) is 2.66. The maximum atomic E-state index is 11.9. The summed E-state index contributed by atoms with van der Waals surface area (Å²) < 4.78 is 8.96. The maximum Gasteiger partial charge on any atom is 0.321 e. The molecule has 0 aliphatic rings. The molecular formula is C17H22N4O6. The van der Waals surface area contributed by atoms with Crippen molar-refractivity contribution in [3.05, 3.63) is 29.8 Å². The van der Waals surface area contributed by atoms with Crippen LogP contribution in [0.5, 0.6) is 0 Å². The molecule has 1 aromatic carbocycles. The highest BCUT2D eigenvalue weighted by Gasteiger charge is 2.29. The van der Waals surface area contributed by atoms with Crippen molar-refractivity contribution in [2.75, 3.05) is 26.1 Å². The van der Waals surface area contributed by atoms with Gasteiger partial charge in [-0.25, -0.2) is 0 Å². The molecule has 1 rings (SSSR count). The molecule has 146 valence electrons. The van der Waals surface area contributed by atoms with Crippen LogP contribution in [0.4, 0.5) is 5.69 Å². The van der Waals surface area contributed by atoms with Crippen LogP contribution >= 0.6 is 0 Å². The van der Waals surface area contributed by atoms with Crippen molar-refractivity contribution < 1.29 is 28.7 Å². The number of benzene rings is 1. The highest BCUT2D eigenvalue weighted by Crippen LogP contribution is 2.10. The van der Waals surface area contributed by atoms with Gasteiger partial charge in [0.05, 0.1) is 14.2 Å². The molecule has 0 aromatic heterocycles. The van der Waals surface area contributed by atoms with Crippen LogP contribution in [0.25, 0.3) is 0 Å². The zero-order valence-corrected chi connectivity index (χ0v) is 15.0. The Hall–Kier alpha value is -3.43. The van der Waals surface area contributed by atoms with E-state index in [-0.39, 0.29) is 25.2 Å². The molecule has 0 atom stereocenters. The summed E-state index contributed by atoms with van der Waals surface area (Å²) in [6.45, 7) is -0.285. The van der Waals surface area contributed by atoms with Crippen LogP contribution in [-0.4, -0.2) is 50.4 Å². The molecule has 1 aromatic rings. The summed E-state index contributed by atoms with van der Waals surface area (Å²) in [5.41, 5.74) is 6.37. The zero-order valence-electron chi connectivity index (χ0n) is 15.0. The number of rotatable bonds is 9. The summed E-state index contributed by atoms with van der Waals surface area (Å²) in [6, 6.07) is 6.35. The highest BCUT2D eigenvalue weighted by molar-refractivity contribution is 5.97. The first-order valence-electron chi connectivity index (χ1n) is 7.95. The fourth-order valence-corrected chi connectivity index (χ4v) is 2.04. The van der Waals surface area contributed by atoms with Crippen LogP contribution in [0.15, 0.2) is 24.3 Å². The molecule has 27 heavy (non-hydrogen) atoms. The molecular weight excluding hydrogens is 356 g/mol. The molecule has 10 heteroatoms. The third-order valence-electron chi connectivity index (χ3n) is 3.53. The molecule has 0 heterocycles. The van der Waals surface area contributed by atoms with Crippen LogP contribution in [0, 0.1) is 11.3 Å². The number of amidine groups is 1. The van der Waals surface area contributed by atoms with E-state index in [1.54, 1.807) is 24.3 Å². The maximum absolute atomic E-state index is 11.9. The summed E-state index contributed by atoms with van der Waals surface area (Å²) in [6.07, 6.45) is -0.228. The number of carbonyl (C=O) groups is 4. The highest BCUT2D eigenvalue weighted by atomic mass is 16.5. The molecule has 0 spiro atoms. The van der Waals surface area contributed by atoms with Crippen molar-refractivity contribution >= 4 is 35.3 Å². The molecule has 0 aliphatic carbocycles. The van der Waals surface area contributed by atoms with E-state index in [0.717, 1.165) is 14.2 Å². The number of hydrogen-bond acceptors (Lipinski definition) is 7. The lowest BCUT2D eigenvalue weighted by atomic mass is 10.1. The van der Waals surface area contributed by atoms with Crippen molar-refractivity contribution in [2.45, 2.75) is 12.8 Å². The van der Waals surface area contributed by atoms with Crippen LogP contribution in [-0.2, 0) is 28.7 Å². The SMILES string of the molecule is COC(=O)C(CNC(=O)CCC(=O)Nc1ccc(C(=N)N)cc1)C(=O)OC. The van der Waals surface area contributed by atoms with Gasteiger partial charge in [-0.1, -0.05) is 0 Å². The van der Waals surface area contributed by atoms with Crippen LogP contribution in [0.1, 0.15) is 18.4 Å². The lowest BCUT2D eigenvalue weighted by Gasteiger charge is -2.13. The van der Waals surface area contributed by atoms with Gasteiger partial charge in [-0.2, -0.15) is 0 Å². The molecule has 0 saturated heterocycles. The molecule has 0 radical (unpaired) electrons. The lowest BCUT2D eigenvalue weighted by Crippen LogP contribution is -2.38. The van der Waals surface area contributed by atoms with Crippen molar-refractivity contribution in [1.29, 1.82) is 5.41 Å². The molecule has 0 saturated carbocycles. The minimum atomic E-state index is -1.27. The number of nitrogens with two attached hydrogens (primary N) is 1. The Morgan fingerprint density at radius 3 is 2.00 bits per heavy atom. The number of hydrogen-bond donors (Lipinski definition) is 4. The number of carbonyl (C=O) groups excluding carboxylic acids is 4. The monoisotopic (exact) mass is 378 g/mol. The van der Waals surface area contributed by atoms with Crippen molar-refractivity contribution in [1.82, 2.24) is 5.32 Å². The summed E-state index contributed by atoms with van der Waals surface area (Å²) in [5.74, 6) is -3.89. The van der Waals surface area contributed by atoms with E-state index in [1.807, 2.05) is 0 Å². The Morgan fingerprint density at radius 2 is 1.52 bits per heavy atom. The van der Waals surface area contributed by atoms with E-state index in [9.17, 15) is 19.2 Å². The summed E-state index contributed by atoms with van der Waals surface area (Å²) in [4.78, 5) is 46.7. The minimum absolute atomic E-state index is 0.0817. The van der Waals surface area contributed by atoms with Gasteiger partial charge in [0, 0.05) is 30.6 Å². The van der Waals surface area contributed by atoms with Gasteiger partial charge in [0.2, 0.25) is 11.8 Å². The number of amides is 2. The van der Waals surface area contributed by atoms with E-state index in [2.05, 4.69) is 20.1 Å². The Balaban J connectivity index is 2.44. The number of anilines is 1. The van der Waals surface area contributed by atoms with Crippen molar-refractivity contribution in [3.63, 3.8) is 0 Å². The molecule has 5 N–H and O–H groups in total. The summed E-state index contributed by atoms with van der Waals surface area (Å²) in [5, 5.41) is 12.3. The van der Waals surface area contributed by atoms with Gasteiger partial charge in [0.25, 0.3) is 0 Å². The Morgan fingerprint density at radius 1 is 1.00 bits per heavy atom. The van der Waals surface area contributed by atoms with Gasteiger partial charge in [-0.15, -0.1) is 0 Å². The fourth-order valence-electron chi connectivity index (χ4n) is 2.04. The molecule has 2 amide bonds. The van der Waals surface area contributed by atoms with E-state index < -0.39 is 29.7 Å². The van der Waals surface area contributed by atoms with Crippen molar-refractivity contribution in [2.24, 2.45) is 11.7 Å². The number of nitrogens with one attached hydrogen (secondary N) is 3. The third kappa shape index (κ3) is 7.14. The number of methoxy groups -OCH3 is 2. The molecule has 0 fully saturated rings. The third-order valence-corrected chi connectivity index (χ3v) is 3.53. The second-order valence-corrected chi connectivity index (χ2v) is 5.44. The van der Waals surface area contributed by atoms with E-state index in [4.69, 9.17) is 11.1 Å². The molecule has 0 aliphatic heterocycles. The van der Waals surface area contributed by atoms with Gasteiger partial charge in [-0.05, 0) is 24.3 Å². The Kier molecular flexibility index (Phi) is 8.43. The second kappa shape index (κ2) is 10.5. The van der Waals surface area contributed by atoms with E-state index >= 15 is 0 Å². The zero-order chi connectivity index (χ0) is 20.4. The first-order valence-corrected chi connectivity index (χ1v) is 7.95. The van der Waals surface area contributed by atoms with Gasteiger partial charge >= 0.3 is 11.9 Å². The van der Waals surface area contributed by atoms with Gasteiger partial charge in [0.1, 0.15) is 5.84 Å². The standard InChI is InChI=1S/C17H22N4O6/c1-26-16(24)12(17(25)27-2)9-20-13(22)7-8-14(23)21-11-5-3-10(4-6-11)15(18)19/h3-6,12H,7-9H2,1-2H3,(H3,18,19)(H,20,22)(H,21,23). The number of ether oxygens (including phenoxy) is 2. The predicted molar refractivity (Wildman–Crippen MR) is 95.9 cm³/mol. The lowest BCUT2D eigenvalue weighted by molar-refractivity contribution is -0.158. The Bertz CT molecular complexity index is 701. The van der Waals surface area contributed by atoms with Crippen LogP contribution < -0.4 is 16.4 Å². The smallest absolute Gasteiger partial charge is 0.321 e. The second-order valence-electron chi connectivity index (χ2n) is 5.44.